The summed E-state index contributed by atoms with van der Waals surface area (Å²) < 4.78 is 17.2. The lowest BCUT2D eigenvalue weighted by atomic mass is 9.45. The van der Waals surface area contributed by atoms with Gasteiger partial charge in [0.05, 0.1) is 4.83 Å². The summed E-state index contributed by atoms with van der Waals surface area (Å²) in [5, 5.41) is 0. The van der Waals surface area contributed by atoms with Crippen molar-refractivity contribution in [3.05, 3.63) is 11.6 Å². The van der Waals surface area contributed by atoms with Crippen molar-refractivity contribution in [3.63, 3.8) is 0 Å². The number of rotatable bonds is 5. The molecular formula is C26H38Br2O6. The molecule has 0 saturated heterocycles. The standard InChI is InChI=1S/C26H38Br2O6/c1-14(29)32-13-22(28)26(7)12-17-18(10-23(26)34-16(3)31)25(6)9-8-21(27)24(4,5)20(25)11-19(17)33-15(2)30/h10,17,19-23H,8-9,11-13H2,1-7H3/t17-,19-,20-,21-,22?,23-,25+,26+/m0/s1. The Bertz CT molecular complexity index is 869. The second-order valence-corrected chi connectivity index (χ2v) is 13.6. The minimum atomic E-state index is -0.557. The zero-order valence-corrected chi connectivity index (χ0v) is 24.5. The van der Waals surface area contributed by atoms with Crippen LogP contribution in [0, 0.1) is 28.1 Å². The summed E-state index contributed by atoms with van der Waals surface area (Å²) in [6, 6.07) is 0. The van der Waals surface area contributed by atoms with Gasteiger partial charge >= 0.3 is 17.9 Å². The molecule has 3 rings (SSSR count). The highest BCUT2D eigenvalue weighted by Gasteiger charge is 2.61. The molecule has 0 aromatic rings. The SMILES string of the molecule is CC(=O)OCC(Br)[C@@]1(C)C[C@H]2C(=C[C@@H]1OC(C)=O)[C@@]1(C)CC[C@H](Br)C(C)(C)[C@@H]1C[C@@H]2OC(C)=O. The molecule has 0 aromatic carbocycles. The van der Waals surface area contributed by atoms with E-state index in [-0.39, 0.29) is 52.2 Å². The fourth-order valence-electron chi connectivity index (χ4n) is 6.82. The second-order valence-electron chi connectivity index (χ2n) is 11.4. The predicted octanol–water partition coefficient (Wildman–Crippen LogP) is 5.74. The van der Waals surface area contributed by atoms with Crippen LogP contribution in [-0.2, 0) is 28.6 Å². The van der Waals surface area contributed by atoms with E-state index in [1.165, 1.54) is 26.3 Å². The first-order valence-corrected chi connectivity index (χ1v) is 13.9. The lowest BCUT2D eigenvalue weighted by Crippen LogP contribution is -2.59. The predicted molar refractivity (Wildman–Crippen MR) is 137 cm³/mol. The number of carbonyl (C=O) groups is 3. The smallest absolute Gasteiger partial charge is 0.303 e. The zero-order chi connectivity index (χ0) is 25.6. The van der Waals surface area contributed by atoms with Gasteiger partial charge in [0.15, 0.2) is 0 Å². The highest BCUT2D eigenvalue weighted by molar-refractivity contribution is 9.09. The minimum absolute atomic E-state index is 0.00186. The van der Waals surface area contributed by atoms with Crippen molar-refractivity contribution in [3.8, 4) is 0 Å². The third-order valence-corrected chi connectivity index (χ3v) is 11.7. The first-order chi connectivity index (χ1) is 15.6. The summed E-state index contributed by atoms with van der Waals surface area (Å²) in [6.45, 7) is 13.4. The van der Waals surface area contributed by atoms with E-state index < -0.39 is 11.5 Å². The van der Waals surface area contributed by atoms with Crippen LogP contribution in [0.4, 0.5) is 0 Å². The normalized spacial score (nSPS) is 39.6. The Labute approximate surface area is 220 Å². The molecule has 0 radical (unpaired) electrons. The molecule has 8 heteroatoms. The highest BCUT2D eigenvalue weighted by Crippen LogP contribution is 2.65. The van der Waals surface area contributed by atoms with E-state index in [1.54, 1.807) is 0 Å². The Kier molecular flexibility index (Phi) is 8.04. The average molecular weight is 606 g/mol. The largest absolute Gasteiger partial charge is 0.465 e. The van der Waals surface area contributed by atoms with E-state index in [4.69, 9.17) is 14.2 Å². The zero-order valence-electron chi connectivity index (χ0n) is 21.3. The van der Waals surface area contributed by atoms with Crippen molar-refractivity contribution in [2.24, 2.45) is 28.1 Å². The quantitative estimate of drug-likeness (QED) is 0.172. The molecule has 8 atom stereocenters. The maximum absolute atomic E-state index is 12.1. The Balaban J connectivity index is 2.12. The third kappa shape index (κ3) is 5.00. The van der Waals surface area contributed by atoms with Gasteiger partial charge in [-0.3, -0.25) is 14.4 Å². The third-order valence-electron chi connectivity index (χ3n) is 8.77. The lowest BCUT2D eigenvalue weighted by Gasteiger charge is -2.62. The maximum Gasteiger partial charge on any atom is 0.303 e. The number of hydrogen-bond acceptors (Lipinski definition) is 6. The van der Waals surface area contributed by atoms with Crippen molar-refractivity contribution in [1.29, 1.82) is 0 Å². The van der Waals surface area contributed by atoms with Crippen LogP contribution in [0.2, 0.25) is 0 Å². The Morgan fingerprint density at radius 3 is 2.24 bits per heavy atom. The Morgan fingerprint density at radius 2 is 1.68 bits per heavy atom. The molecule has 1 unspecified atom stereocenters. The van der Waals surface area contributed by atoms with Gasteiger partial charge in [-0.05, 0) is 48.5 Å². The van der Waals surface area contributed by atoms with E-state index >= 15 is 0 Å². The van der Waals surface area contributed by atoms with Crippen molar-refractivity contribution in [2.75, 3.05) is 6.61 Å². The molecule has 3 aliphatic rings. The molecule has 0 aliphatic heterocycles. The van der Waals surface area contributed by atoms with Crippen LogP contribution in [0.25, 0.3) is 0 Å². The molecule has 0 bridgehead atoms. The van der Waals surface area contributed by atoms with Gasteiger partial charge in [-0.2, -0.15) is 0 Å². The van der Waals surface area contributed by atoms with Crippen LogP contribution in [0.15, 0.2) is 11.6 Å². The molecule has 0 amide bonds. The summed E-state index contributed by atoms with van der Waals surface area (Å²) in [5.41, 5.74) is 0.589. The maximum atomic E-state index is 12.1. The highest BCUT2D eigenvalue weighted by atomic mass is 79.9. The number of hydrogen-bond donors (Lipinski definition) is 0. The monoisotopic (exact) mass is 604 g/mol. The first kappa shape index (κ1) is 27.7. The van der Waals surface area contributed by atoms with Gasteiger partial charge in [-0.15, -0.1) is 0 Å². The van der Waals surface area contributed by atoms with E-state index in [2.05, 4.69) is 65.6 Å². The van der Waals surface area contributed by atoms with Gasteiger partial charge in [0.2, 0.25) is 0 Å². The van der Waals surface area contributed by atoms with Gasteiger partial charge in [-0.1, -0.05) is 65.1 Å². The van der Waals surface area contributed by atoms with Gasteiger partial charge in [0, 0.05) is 36.9 Å². The number of halogens is 2. The van der Waals surface area contributed by atoms with Crippen molar-refractivity contribution in [2.45, 2.75) is 96.0 Å². The topological polar surface area (TPSA) is 78.9 Å². The fourth-order valence-corrected chi connectivity index (χ4v) is 7.95. The van der Waals surface area contributed by atoms with E-state index in [0.717, 1.165) is 19.3 Å². The molecule has 2 fully saturated rings. The van der Waals surface area contributed by atoms with E-state index in [9.17, 15) is 14.4 Å². The first-order valence-electron chi connectivity index (χ1n) is 12.1. The molecule has 0 heterocycles. The minimum Gasteiger partial charge on any atom is -0.465 e. The lowest BCUT2D eigenvalue weighted by molar-refractivity contribution is -0.163. The molecule has 0 N–H and O–H groups in total. The number of carbonyl (C=O) groups excluding carboxylic acids is 3. The van der Waals surface area contributed by atoms with Crippen LogP contribution in [0.5, 0.6) is 0 Å². The molecule has 6 nitrogen and oxygen atoms in total. The van der Waals surface area contributed by atoms with Gasteiger partial charge in [0.25, 0.3) is 0 Å². The molecular weight excluding hydrogens is 568 g/mol. The van der Waals surface area contributed by atoms with Crippen LogP contribution in [0.3, 0.4) is 0 Å². The van der Waals surface area contributed by atoms with Gasteiger partial charge in [0.1, 0.15) is 18.8 Å². The molecule has 3 aliphatic carbocycles. The molecule has 0 aromatic heterocycles. The number of alkyl halides is 2. The summed E-state index contributed by atoms with van der Waals surface area (Å²) in [6.07, 6.45) is 4.88. The van der Waals surface area contributed by atoms with Crippen LogP contribution in [0.1, 0.15) is 74.1 Å². The molecule has 192 valence electrons. The fraction of sp³-hybridized carbons (Fsp3) is 0.808. The van der Waals surface area contributed by atoms with Crippen LogP contribution < -0.4 is 0 Å². The Hall–Kier alpha value is -0.890. The molecule has 34 heavy (non-hydrogen) atoms. The summed E-state index contributed by atoms with van der Waals surface area (Å²) >= 11 is 7.66. The van der Waals surface area contributed by atoms with Gasteiger partial charge < -0.3 is 14.2 Å². The van der Waals surface area contributed by atoms with Crippen molar-refractivity contribution < 1.29 is 28.6 Å². The second kappa shape index (κ2) is 9.87. The number of esters is 3. The summed E-state index contributed by atoms with van der Waals surface area (Å²) in [4.78, 5) is 35.9. The average Bonchev–Trinajstić information content (AvgIpc) is 2.71. The molecule has 0 spiro atoms. The van der Waals surface area contributed by atoms with Crippen LogP contribution >= 0.6 is 31.9 Å². The molecule has 2 saturated carbocycles. The summed E-state index contributed by atoms with van der Waals surface area (Å²) in [5.74, 6) is -0.688. The van der Waals surface area contributed by atoms with Crippen molar-refractivity contribution >= 4 is 49.8 Å². The van der Waals surface area contributed by atoms with E-state index in [1.807, 2.05) is 0 Å². The van der Waals surface area contributed by atoms with Gasteiger partial charge in [-0.25, -0.2) is 0 Å². The Morgan fingerprint density at radius 1 is 1.06 bits per heavy atom. The number of fused-ring (bicyclic) bond motifs is 3. The van der Waals surface area contributed by atoms with Crippen molar-refractivity contribution in [1.82, 2.24) is 0 Å². The van der Waals surface area contributed by atoms with Crippen LogP contribution in [-0.4, -0.2) is 46.4 Å². The van der Waals surface area contributed by atoms with E-state index in [0.29, 0.717) is 17.2 Å². The number of ether oxygens (including phenoxy) is 3. The summed E-state index contributed by atoms with van der Waals surface area (Å²) in [7, 11) is 0.